The van der Waals surface area contributed by atoms with Crippen molar-refractivity contribution in [1.29, 1.82) is 0 Å². The number of nitrogens with zero attached hydrogens (tertiary/aromatic N) is 3. The maximum absolute atomic E-state index is 11.4. The first-order valence-electron chi connectivity index (χ1n) is 6.41. The van der Waals surface area contributed by atoms with E-state index < -0.39 is 12.1 Å². The van der Waals surface area contributed by atoms with Gasteiger partial charge in [0.1, 0.15) is 5.75 Å². The Balaban J connectivity index is 2.77. The van der Waals surface area contributed by atoms with Crippen LogP contribution in [0.3, 0.4) is 0 Å². The molecule has 0 fully saturated rings. The molecule has 6 heteroatoms. The monoisotopic (exact) mass is 277 g/mol. The van der Waals surface area contributed by atoms with Gasteiger partial charge in [0, 0.05) is 11.5 Å². The van der Waals surface area contributed by atoms with Gasteiger partial charge >= 0.3 is 5.97 Å². The van der Waals surface area contributed by atoms with E-state index in [9.17, 15) is 4.79 Å². The Bertz CT molecular complexity index is 498. The highest BCUT2D eigenvalue weighted by Gasteiger charge is 2.17. The summed E-state index contributed by atoms with van der Waals surface area (Å²) >= 11 is 0. The summed E-state index contributed by atoms with van der Waals surface area (Å²) < 4.78 is 10.3. The lowest BCUT2D eigenvalue weighted by Crippen LogP contribution is -2.25. The minimum Gasteiger partial charge on any atom is -0.479 e. The number of hydrogen-bond donors (Lipinski definition) is 0. The summed E-state index contributed by atoms with van der Waals surface area (Å²) in [4.78, 5) is 14.1. The number of azide groups is 1. The molecule has 0 aliphatic rings. The van der Waals surface area contributed by atoms with E-state index in [4.69, 9.17) is 10.3 Å². The summed E-state index contributed by atoms with van der Waals surface area (Å²) in [5, 5.41) is 3.57. The van der Waals surface area contributed by atoms with E-state index in [0.29, 0.717) is 18.7 Å². The highest BCUT2D eigenvalue weighted by Crippen LogP contribution is 2.23. The lowest BCUT2D eigenvalue weighted by molar-refractivity contribution is -0.147. The minimum atomic E-state index is -0.659. The molecule has 20 heavy (non-hydrogen) atoms. The van der Waals surface area contributed by atoms with Crippen molar-refractivity contribution in [2.24, 2.45) is 11.0 Å². The minimum absolute atomic E-state index is 0.198. The average molecular weight is 277 g/mol. The Kier molecular flexibility index (Phi) is 6.40. The summed E-state index contributed by atoms with van der Waals surface area (Å²) in [7, 11) is 1.33. The average Bonchev–Trinajstić information content (AvgIpc) is 2.46. The summed E-state index contributed by atoms with van der Waals surface area (Å²) in [6, 6.07) is 7.51. The third-order valence-corrected chi connectivity index (χ3v) is 2.83. The highest BCUT2D eigenvalue weighted by molar-refractivity contribution is 5.74. The number of carbonyl (C=O) groups excluding carboxylic acids is 1. The van der Waals surface area contributed by atoms with Crippen LogP contribution in [0.2, 0.25) is 0 Å². The van der Waals surface area contributed by atoms with Gasteiger partial charge in [-0.25, -0.2) is 4.79 Å². The van der Waals surface area contributed by atoms with Crippen LogP contribution < -0.4 is 4.74 Å². The van der Waals surface area contributed by atoms with Crippen LogP contribution in [0.5, 0.6) is 5.75 Å². The molecule has 0 aliphatic heterocycles. The molecule has 108 valence electrons. The van der Waals surface area contributed by atoms with Gasteiger partial charge in [0.15, 0.2) is 6.10 Å². The third kappa shape index (κ3) is 4.82. The van der Waals surface area contributed by atoms with Gasteiger partial charge in [0.25, 0.3) is 0 Å². The summed E-state index contributed by atoms with van der Waals surface area (Å²) in [6.45, 7) is 4.07. The van der Waals surface area contributed by atoms with Gasteiger partial charge in [-0.15, -0.1) is 0 Å². The largest absolute Gasteiger partial charge is 0.479 e. The number of hydrogen-bond acceptors (Lipinski definition) is 4. The van der Waals surface area contributed by atoms with Crippen LogP contribution in [0.4, 0.5) is 0 Å². The fourth-order valence-electron chi connectivity index (χ4n) is 1.81. The van der Waals surface area contributed by atoms with Crippen LogP contribution >= 0.6 is 0 Å². The van der Waals surface area contributed by atoms with Crippen LogP contribution in [-0.4, -0.2) is 25.7 Å². The van der Waals surface area contributed by atoms with Gasteiger partial charge in [-0.3, -0.25) is 0 Å². The fourth-order valence-corrected chi connectivity index (χ4v) is 1.81. The van der Waals surface area contributed by atoms with Gasteiger partial charge in [0.05, 0.1) is 7.11 Å². The smallest absolute Gasteiger partial charge is 0.346 e. The number of esters is 1. The summed E-state index contributed by atoms with van der Waals surface area (Å²) in [6.07, 6.45) is 0.0527. The van der Waals surface area contributed by atoms with Crippen molar-refractivity contribution in [3.05, 3.63) is 40.3 Å². The summed E-state index contributed by atoms with van der Waals surface area (Å²) in [5.74, 6) is 0.434. The van der Waals surface area contributed by atoms with E-state index in [1.165, 1.54) is 7.11 Å². The Morgan fingerprint density at radius 3 is 2.75 bits per heavy atom. The number of carbonyl (C=O) groups is 1. The Morgan fingerprint density at radius 2 is 2.10 bits per heavy atom. The number of rotatable bonds is 7. The number of benzene rings is 1. The molecule has 0 radical (unpaired) electrons. The number of ether oxygens (including phenoxy) is 2. The fraction of sp³-hybridized carbons (Fsp3) is 0.500. The van der Waals surface area contributed by atoms with Gasteiger partial charge in [-0.1, -0.05) is 30.2 Å². The van der Waals surface area contributed by atoms with Crippen LogP contribution in [-0.2, 0) is 16.0 Å². The topological polar surface area (TPSA) is 84.3 Å². The van der Waals surface area contributed by atoms with Gasteiger partial charge in [-0.2, -0.15) is 0 Å². The van der Waals surface area contributed by atoms with Crippen molar-refractivity contribution < 1.29 is 14.3 Å². The molecule has 0 saturated carbocycles. The molecule has 1 rings (SSSR count). The van der Waals surface area contributed by atoms with Crippen LogP contribution in [0.25, 0.3) is 10.4 Å². The number of methoxy groups -OCH3 is 1. The van der Waals surface area contributed by atoms with Gasteiger partial charge in [0.2, 0.25) is 0 Å². The maximum atomic E-state index is 11.4. The Morgan fingerprint density at radius 1 is 1.40 bits per heavy atom. The van der Waals surface area contributed by atoms with E-state index in [-0.39, 0.29) is 5.92 Å². The van der Waals surface area contributed by atoms with E-state index in [0.717, 1.165) is 5.56 Å². The van der Waals surface area contributed by atoms with Crippen molar-refractivity contribution in [3.8, 4) is 5.75 Å². The standard InChI is InChI=1S/C14H19N3O3/c1-10(9-16-17-15)8-12-6-4-5-7-13(12)20-11(2)14(18)19-3/h4-7,10-11H,8-9H2,1-3H3/t10-,11+/m0/s1. The van der Waals surface area contributed by atoms with Crippen molar-refractivity contribution in [3.63, 3.8) is 0 Å². The summed E-state index contributed by atoms with van der Waals surface area (Å²) in [5.41, 5.74) is 9.30. The highest BCUT2D eigenvalue weighted by atomic mass is 16.6. The third-order valence-electron chi connectivity index (χ3n) is 2.83. The quantitative estimate of drug-likeness (QED) is 0.332. The molecule has 0 amide bonds. The van der Waals surface area contributed by atoms with Crippen LogP contribution in [0.15, 0.2) is 29.4 Å². The van der Waals surface area contributed by atoms with E-state index in [1.807, 2.05) is 31.2 Å². The van der Waals surface area contributed by atoms with Gasteiger partial charge in [-0.05, 0) is 36.4 Å². The van der Waals surface area contributed by atoms with E-state index >= 15 is 0 Å². The molecule has 0 unspecified atom stereocenters. The maximum Gasteiger partial charge on any atom is 0.346 e. The van der Waals surface area contributed by atoms with Crippen LogP contribution in [0.1, 0.15) is 19.4 Å². The van der Waals surface area contributed by atoms with Crippen molar-refractivity contribution in [1.82, 2.24) is 0 Å². The zero-order valence-electron chi connectivity index (χ0n) is 11.9. The molecule has 0 heterocycles. The van der Waals surface area contributed by atoms with Crippen LogP contribution in [0, 0.1) is 5.92 Å². The molecular formula is C14H19N3O3. The van der Waals surface area contributed by atoms with Gasteiger partial charge < -0.3 is 9.47 Å². The molecule has 0 aliphatic carbocycles. The second-order valence-corrected chi connectivity index (χ2v) is 4.61. The first kappa shape index (κ1) is 15.9. The van der Waals surface area contributed by atoms with E-state index in [2.05, 4.69) is 14.8 Å². The Labute approximate surface area is 118 Å². The van der Waals surface area contributed by atoms with E-state index in [1.54, 1.807) is 6.92 Å². The molecular weight excluding hydrogens is 258 g/mol. The predicted octanol–water partition coefficient (Wildman–Crippen LogP) is 3.12. The SMILES string of the molecule is COC(=O)[C@@H](C)Oc1ccccc1C[C@H](C)CN=[N+]=[N-]. The molecule has 0 aromatic heterocycles. The molecule has 6 nitrogen and oxygen atoms in total. The molecule has 0 spiro atoms. The lowest BCUT2D eigenvalue weighted by atomic mass is 10.0. The normalized spacial score (nSPS) is 12.9. The molecule has 1 aromatic carbocycles. The first-order valence-corrected chi connectivity index (χ1v) is 6.41. The molecule has 0 bridgehead atoms. The molecule has 1 aromatic rings. The first-order chi connectivity index (χ1) is 9.58. The second kappa shape index (κ2) is 8.07. The number of para-hydroxylation sites is 1. The van der Waals surface area contributed by atoms with Crippen molar-refractivity contribution in [2.75, 3.05) is 13.7 Å². The second-order valence-electron chi connectivity index (χ2n) is 4.61. The molecule has 0 N–H and O–H groups in total. The molecule has 2 atom stereocenters. The molecule has 0 saturated heterocycles. The predicted molar refractivity (Wildman–Crippen MR) is 75.4 cm³/mol. The lowest BCUT2D eigenvalue weighted by Gasteiger charge is -2.17. The zero-order valence-corrected chi connectivity index (χ0v) is 11.9. The Hall–Kier alpha value is -2.20. The zero-order chi connectivity index (χ0) is 15.0. The van der Waals surface area contributed by atoms with Crippen molar-refractivity contribution in [2.45, 2.75) is 26.4 Å². The van der Waals surface area contributed by atoms with Crippen molar-refractivity contribution >= 4 is 5.97 Å².